The molecular weight excluding hydrogens is 479 g/mol. The number of nitrogens with two attached hydrogens (primary N) is 1. The predicted molar refractivity (Wildman–Crippen MR) is 122 cm³/mol. The molecule has 0 unspecified atom stereocenters. The van der Waals surface area contributed by atoms with Crippen molar-refractivity contribution in [3.63, 3.8) is 0 Å². The van der Waals surface area contributed by atoms with E-state index in [4.69, 9.17) is 10.2 Å². The van der Waals surface area contributed by atoms with Crippen LogP contribution in [-0.4, -0.2) is 34.2 Å². The average molecular weight is 497 g/mol. The van der Waals surface area contributed by atoms with Crippen molar-refractivity contribution in [2.75, 3.05) is 5.73 Å². The number of nitrogens with zero attached hydrogens (tertiary/aromatic N) is 6. The van der Waals surface area contributed by atoms with E-state index in [1.54, 1.807) is 37.3 Å². The minimum absolute atomic E-state index is 0.00694. The van der Waals surface area contributed by atoms with Crippen molar-refractivity contribution in [2.24, 2.45) is 0 Å². The van der Waals surface area contributed by atoms with Crippen molar-refractivity contribution < 1.29 is 22.7 Å². The van der Waals surface area contributed by atoms with Crippen molar-refractivity contribution in [1.82, 2.24) is 29.1 Å². The van der Waals surface area contributed by atoms with Gasteiger partial charge in [-0.15, -0.1) is 5.10 Å². The summed E-state index contributed by atoms with van der Waals surface area (Å²) < 4.78 is 48.2. The van der Waals surface area contributed by atoms with Gasteiger partial charge in [0.15, 0.2) is 12.0 Å². The summed E-state index contributed by atoms with van der Waals surface area (Å²) in [5.41, 5.74) is 5.35. The fourth-order valence-corrected chi connectivity index (χ4v) is 3.86. The molecule has 4 aromatic heterocycles. The summed E-state index contributed by atoms with van der Waals surface area (Å²) in [5, 5.41) is 14.0. The highest BCUT2D eigenvalue weighted by Gasteiger charge is 2.34. The van der Waals surface area contributed by atoms with Crippen molar-refractivity contribution in [2.45, 2.75) is 26.3 Å². The first kappa shape index (κ1) is 23.2. The van der Waals surface area contributed by atoms with Gasteiger partial charge in [0.2, 0.25) is 5.95 Å². The number of aromatic nitrogens is 6. The van der Waals surface area contributed by atoms with E-state index < -0.39 is 24.2 Å². The number of hydrogen-bond donors (Lipinski definition) is 2. The van der Waals surface area contributed by atoms with E-state index in [1.165, 1.54) is 12.5 Å². The van der Waals surface area contributed by atoms with E-state index >= 15 is 0 Å². The third kappa shape index (κ3) is 3.98. The monoisotopic (exact) mass is 497 g/mol. The fourth-order valence-electron chi connectivity index (χ4n) is 3.86. The zero-order chi connectivity index (χ0) is 25.6. The van der Waals surface area contributed by atoms with Crippen LogP contribution in [0.5, 0.6) is 0 Å². The smallest absolute Gasteiger partial charge is 0.433 e. The zero-order valence-electron chi connectivity index (χ0n) is 18.7. The van der Waals surface area contributed by atoms with Gasteiger partial charge in [-0.3, -0.25) is 0 Å². The second kappa shape index (κ2) is 8.61. The van der Waals surface area contributed by atoms with Gasteiger partial charge in [-0.05, 0) is 24.6 Å². The van der Waals surface area contributed by atoms with E-state index in [1.807, 2.05) is 0 Å². The molecule has 0 fully saturated rings. The number of anilines is 1. The molecule has 0 atom stereocenters. The van der Waals surface area contributed by atoms with Crippen LogP contribution in [0.25, 0.3) is 28.0 Å². The minimum Gasteiger partial charge on any atom is -0.448 e. The van der Waals surface area contributed by atoms with Crippen LogP contribution in [0.15, 0.2) is 58.1 Å². The molecule has 0 bridgehead atoms. The van der Waals surface area contributed by atoms with Gasteiger partial charge in [-0.25, -0.2) is 28.8 Å². The quantitative estimate of drug-likeness (QED) is 0.378. The molecule has 3 N–H and O–H groups in total. The van der Waals surface area contributed by atoms with Crippen molar-refractivity contribution in [3.05, 3.63) is 82.2 Å². The topological polar surface area (TPSA) is 137 Å². The Kier molecular flexibility index (Phi) is 5.55. The number of rotatable bonds is 5. The lowest BCUT2D eigenvalue weighted by Crippen LogP contribution is -2.24. The van der Waals surface area contributed by atoms with Gasteiger partial charge in [0.25, 0.3) is 0 Å². The molecule has 4 heterocycles. The van der Waals surface area contributed by atoms with Crippen LogP contribution in [0.3, 0.4) is 0 Å². The summed E-state index contributed by atoms with van der Waals surface area (Å²) in [6.07, 6.45) is -3.56. The third-order valence-corrected chi connectivity index (χ3v) is 5.57. The molecule has 0 saturated heterocycles. The lowest BCUT2D eigenvalue weighted by molar-refractivity contribution is -0.141. The SMILES string of the molecule is Cc1ocnc1Cn1nc2c(-c3cc(CO)nc(C(F)(F)F)c3)c(-c3ccccc3)nc(N)n2c1=O. The maximum atomic E-state index is 13.6. The van der Waals surface area contributed by atoms with Crippen LogP contribution in [-0.2, 0) is 19.3 Å². The Hall–Kier alpha value is -4.52. The first-order chi connectivity index (χ1) is 17.2. The molecule has 184 valence electrons. The normalized spacial score (nSPS) is 11.9. The highest BCUT2D eigenvalue weighted by atomic mass is 19.4. The van der Waals surface area contributed by atoms with E-state index in [0.717, 1.165) is 15.1 Å². The lowest BCUT2D eigenvalue weighted by Gasteiger charge is -2.14. The zero-order valence-corrected chi connectivity index (χ0v) is 18.7. The van der Waals surface area contributed by atoms with Crippen molar-refractivity contribution in [3.8, 4) is 22.4 Å². The third-order valence-electron chi connectivity index (χ3n) is 5.57. The van der Waals surface area contributed by atoms with Crippen LogP contribution < -0.4 is 11.4 Å². The number of benzene rings is 1. The first-order valence-corrected chi connectivity index (χ1v) is 10.6. The number of alkyl halides is 3. The molecule has 0 radical (unpaired) electrons. The highest BCUT2D eigenvalue weighted by molar-refractivity contribution is 5.90. The number of halogens is 3. The van der Waals surface area contributed by atoms with Gasteiger partial charge < -0.3 is 15.3 Å². The molecule has 0 aliphatic rings. The summed E-state index contributed by atoms with van der Waals surface area (Å²) in [5.74, 6) is 0.278. The van der Waals surface area contributed by atoms with E-state index in [-0.39, 0.29) is 40.7 Å². The van der Waals surface area contributed by atoms with Crippen molar-refractivity contribution in [1.29, 1.82) is 0 Å². The molecule has 5 rings (SSSR count). The summed E-state index contributed by atoms with van der Waals surface area (Å²) in [6, 6.07) is 10.7. The van der Waals surface area contributed by atoms with Crippen LogP contribution >= 0.6 is 0 Å². The Balaban J connectivity index is 1.86. The maximum Gasteiger partial charge on any atom is 0.433 e. The number of nitrogen functional groups attached to an aromatic ring is 1. The Morgan fingerprint density at radius 2 is 1.86 bits per heavy atom. The number of oxazole rings is 1. The molecule has 0 aliphatic carbocycles. The van der Waals surface area contributed by atoms with Gasteiger partial charge in [0.1, 0.15) is 17.1 Å². The minimum atomic E-state index is -4.78. The maximum absolute atomic E-state index is 13.6. The summed E-state index contributed by atoms with van der Waals surface area (Å²) in [4.78, 5) is 25.2. The second-order valence-corrected chi connectivity index (χ2v) is 7.90. The van der Waals surface area contributed by atoms with Crippen molar-refractivity contribution >= 4 is 11.6 Å². The van der Waals surface area contributed by atoms with E-state index in [9.17, 15) is 23.1 Å². The fraction of sp³-hybridized carbons (Fsp3) is 0.174. The molecule has 13 heteroatoms. The predicted octanol–water partition coefficient (Wildman–Crippen LogP) is 3.06. The number of aliphatic hydroxyl groups is 1. The Morgan fingerprint density at radius 1 is 1.11 bits per heavy atom. The van der Waals surface area contributed by atoms with Gasteiger partial charge in [0, 0.05) is 5.56 Å². The second-order valence-electron chi connectivity index (χ2n) is 7.90. The summed E-state index contributed by atoms with van der Waals surface area (Å²) >= 11 is 0. The van der Waals surface area contributed by atoms with Gasteiger partial charge >= 0.3 is 11.9 Å². The molecule has 36 heavy (non-hydrogen) atoms. The van der Waals surface area contributed by atoms with Crippen LogP contribution in [0.4, 0.5) is 19.1 Å². The molecule has 0 amide bonds. The van der Waals surface area contributed by atoms with Gasteiger partial charge in [-0.2, -0.15) is 13.2 Å². The van der Waals surface area contributed by atoms with E-state index in [0.29, 0.717) is 17.0 Å². The number of aryl methyl sites for hydroxylation is 1. The number of hydrogen-bond acceptors (Lipinski definition) is 8. The molecule has 10 nitrogen and oxygen atoms in total. The number of pyridine rings is 1. The largest absolute Gasteiger partial charge is 0.448 e. The van der Waals surface area contributed by atoms with Crippen LogP contribution in [0.1, 0.15) is 22.8 Å². The average Bonchev–Trinajstić information content (AvgIpc) is 3.41. The Labute approximate surface area is 200 Å². The first-order valence-electron chi connectivity index (χ1n) is 10.6. The van der Waals surface area contributed by atoms with Gasteiger partial charge in [0.05, 0.1) is 30.1 Å². The van der Waals surface area contributed by atoms with Crippen LogP contribution in [0, 0.1) is 6.92 Å². The number of aliphatic hydroxyl groups excluding tert-OH is 1. The highest BCUT2D eigenvalue weighted by Crippen LogP contribution is 2.37. The Morgan fingerprint density at radius 3 is 2.50 bits per heavy atom. The molecule has 0 spiro atoms. The molecule has 5 aromatic rings. The summed E-state index contributed by atoms with van der Waals surface area (Å²) in [7, 11) is 0. The molecule has 0 aliphatic heterocycles. The van der Waals surface area contributed by atoms with E-state index in [2.05, 4.69) is 20.1 Å². The standard InChI is InChI=1S/C23H18F3N7O3/c1-12-16(28-11-36-12)9-32-22(35)33-20(31-32)18(19(30-21(33)27)13-5-3-2-4-6-13)14-7-15(10-34)29-17(8-14)23(24,25)26/h2-8,11,34H,9-10H2,1H3,(H2,27,30). The lowest BCUT2D eigenvalue weighted by atomic mass is 9.99. The Bertz CT molecular complexity index is 1640. The molecule has 1 aromatic carbocycles. The van der Waals surface area contributed by atoms with Gasteiger partial charge in [-0.1, -0.05) is 30.3 Å². The number of fused-ring (bicyclic) bond motifs is 1. The van der Waals surface area contributed by atoms with Crippen LogP contribution in [0.2, 0.25) is 0 Å². The molecule has 0 saturated carbocycles. The molecular formula is C23H18F3N7O3. The summed E-state index contributed by atoms with van der Waals surface area (Å²) in [6.45, 7) is 0.876.